The number of hydrogen-bond donors (Lipinski definition) is 1. The molecule has 2 rings (SSSR count). The number of alkyl halides is 3. The van der Waals surface area contributed by atoms with Crippen molar-refractivity contribution in [1.29, 1.82) is 0 Å². The van der Waals surface area contributed by atoms with Gasteiger partial charge in [0, 0.05) is 11.1 Å². The summed E-state index contributed by atoms with van der Waals surface area (Å²) in [6.45, 7) is 3.23. The van der Waals surface area contributed by atoms with Crippen molar-refractivity contribution in [2.24, 2.45) is 0 Å². The summed E-state index contributed by atoms with van der Waals surface area (Å²) in [5, 5.41) is 0.0179. The maximum atomic E-state index is 12.5. The molecule has 1 aromatic heterocycles. The molecule has 0 aliphatic rings. The maximum Gasteiger partial charge on any atom is 0.573 e. The van der Waals surface area contributed by atoms with E-state index in [1.165, 1.54) is 13.1 Å². The van der Waals surface area contributed by atoms with Crippen molar-refractivity contribution in [3.05, 3.63) is 34.8 Å². The Hall–Kier alpha value is -2.34. The molecule has 1 heterocycles. The van der Waals surface area contributed by atoms with Gasteiger partial charge in [-0.25, -0.2) is 13.4 Å². The van der Waals surface area contributed by atoms with E-state index >= 15 is 0 Å². The summed E-state index contributed by atoms with van der Waals surface area (Å²) in [6.07, 6.45) is -3.58. The van der Waals surface area contributed by atoms with E-state index in [9.17, 15) is 26.4 Å². The fourth-order valence-corrected chi connectivity index (χ4v) is 4.35. The molecule has 0 unspecified atom stereocenters. The molecule has 0 spiro atoms. The van der Waals surface area contributed by atoms with Gasteiger partial charge in [0.15, 0.2) is 5.13 Å². The van der Waals surface area contributed by atoms with Crippen molar-refractivity contribution in [2.75, 3.05) is 11.3 Å². The molecule has 148 valence electrons. The minimum absolute atomic E-state index is 0.0179. The molecule has 0 bridgehead atoms. The monoisotopic (exact) mass is 424 g/mol. The number of aromatic nitrogens is 1. The zero-order valence-corrected chi connectivity index (χ0v) is 15.8. The summed E-state index contributed by atoms with van der Waals surface area (Å²) < 4.78 is 72.4. The van der Waals surface area contributed by atoms with Gasteiger partial charge in [0.05, 0.1) is 17.9 Å². The van der Waals surface area contributed by atoms with Crippen LogP contribution in [0, 0.1) is 6.92 Å². The van der Waals surface area contributed by atoms with Crippen molar-refractivity contribution in [3.63, 3.8) is 0 Å². The topological polar surface area (TPSA) is 94.6 Å². The molecule has 0 atom stereocenters. The smallest absolute Gasteiger partial charge is 0.466 e. The number of benzene rings is 1. The Balaban J connectivity index is 2.15. The number of nitrogens with zero attached hydrogens (tertiary/aromatic N) is 1. The van der Waals surface area contributed by atoms with E-state index in [1.54, 1.807) is 6.92 Å². The average Bonchev–Trinajstić information content (AvgIpc) is 2.91. The molecule has 0 saturated carbocycles. The van der Waals surface area contributed by atoms with Crippen LogP contribution in [0.15, 0.2) is 29.3 Å². The number of hydrogen-bond acceptors (Lipinski definition) is 7. The predicted molar refractivity (Wildman–Crippen MR) is 91.1 cm³/mol. The number of nitrogens with one attached hydrogen (secondary N) is 1. The molecular weight excluding hydrogens is 409 g/mol. The third kappa shape index (κ3) is 6.10. The summed E-state index contributed by atoms with van der Waals surface area (Å²) >= 11 is 0.950. The molecule has 0 aliphatic carbocycles. The summed E-state index contributed by atoms with van der Waals surface area (Å²) in [6, 6.07) is 2.88. The van der Waals surface area contributed by atoms with E-state index in [1.807, 2.05) is 0 Å². The molecule has 1 aromatic carbocycles. The number of carbonyl (C=O) groups is 1. The second-order valence-corrected chi connectivity index (χ2v) is 7.96. The summed E-state index contributed by atoms with van der Waals surface area (Å²) in [7, 11) is -4.08. The van der Waals surface area contributed by atoms with E-state index in [-0.39, 0.29) is 28.6 Å². The van der Waals surface area contributed by atoms with Crippen molar-refractivity contribution >= 4 is 32.5 Å². The molecule has 0 saturated heterocycles. The highest BCUT2D eigenvalue weighted by atomic mass is 32.2. The summed E-state index contributed by atoms with van der Waals surface area (Å²) in [5.74, 6) is -0.989. The van der Waals surface area contributed by atoms with Gasteiger partial charge in [-0.1, -0.05) is 0 Å². The van der Waals surface area contributed by atoms with Crippen molar-refractivity contribution < 1.29 is 35.9 Å². The van der Waals surface area contributed by atoms with Crippen LogP contribution in [0.1, 0.15) is 17.4 Å². The first-order chi connectivity index (χ1) is 12.5. The molecule has 12 heteroatoms. The number of carbonyl (C=O) groups excluding carboxylic acids is 1. The first-order valence-electron chi connectivity index (χ1n) is 7.49. The SMILES string of the molecule is CCOC(=O)Cc1cnc(NS(=O)(=O)c2ccc(OC(F)(F)F)cc2C)s1. The Morgan fingerprint density at radius 1 is 1.33 bits per heavy atom. The standard InChI is InChI=1S/C15H15F3N2O5S2/c1-3-24-13(21)7-11-8-19-14(26-11)20-27(22,23)12-5-4-10(6-9(12)2)25-15(16,17)18/h4-6,8H,3,7H2,1-2H3,(H,19,20). The van der Waals surface area contributed by atoms with Crippen LogP contribution in [0.4, 0.5) is 18.3 Å². The number of ether oxygens (including phenoxy) is 2. The molecule has 0 amide bonds. The van der Waals surface area contributed by atoms with Crippen LogP contribution in [-0.4, -0.2) is 32.3 Å². The maximum absolute atomic E-state index is 12.5. The third-order valence-electron chi connectivity index (χ3n) is 3.07. The lowest BCUT2D eigenvalue weighted by Crippen LogP contribution is -2.18. The lowest BCUT2D eigenvalue weighted by Gasteiger charge is -2.12. The molecule has 0 fully saturated rings. The summed E-state index contributed by atoms with van der Waals surface area (Å²) in [4.78, 5) is 15.6. The molecule has 7 nitrogen and oxygen atoms in total. The Labute approximate surface area is 157 Å². The second-order valence-electron chi connectivity index (χ2n) is 5.19. The highest BCUT2D eigenvalue weighted by Crippen LogP contribution is 2.28. The van der Waals surface area contributed by atoms with Crippen molar-refractivity contribution in [2.45, 2.75) is 31.5 Å². The number of thiazole rings is 1. The van der Waals surface area contributed by atoms with Gasteiger partial charge in [-0.3, -0.25) is 9.52 Å². The van der Waals surface area contributed by atoms with Crippen LogP contribution in [0.5, 0.6) is 5.75 Å². The van der Waals surface area contributed by atoms with E-state index in [2.05, 4.69) is 14.4 Å². The van der Waals surface area contributed by atoms with Gasteiger partial charge < -0.3 is 9.47 Å². The van der Waals surface area contributed by atoms with Gasteiger partial charge in [0.2, 0.25) is 0 Å². The average molecular weight is 424 g/mol. The first-order valence-corrected chi connectivity index (χ1v) is 9.79. The normalized spacial score (nSPS) is 11.9. The van der Waals surface area contributed by atoms with E-state index in [0.717, 1.165) is 29.5 Å². The van der Waals surface area contributed by atoms with E-state index in [4.69, 9.17) is 4.74 Å². The van der Waals surface area contributed by atoms with Crippen LogP contribution in [0.25, 0.3) is 0 Å². The van der Waals surface area contributed by atoms with Crippen molar-refractivity contribution in [3.8, 4) is 5.75 Å². The third-order valence-corrected chi connectivity index (χ3v) is 5.61. The van der Waals surface area contributed by atoms with E-state index < -0.39 is 28.1 Å². The fourth-order valence-electron chi connectivity index (χ4n) is 2.08. The minimum Gasteiger partial charge on any atom is -0.466 e. The number of aryl methyl sites for hydroxylation is 1. The number of sulfonamides is 1. The lowest BCUT2D eigenvalue weighted by molar-refractivity contribution is -0.274. The van der Waals surface area contributed by atoms with Gasteiger partial charge in [-0.05, 0) is 37.6 Å². The van der Waals surface area contributed by atoms with Crippen LogP contribution in [0.3, 0.4) is 0 Å². The largest absolute Gasteiger partial charge is 0.573 e. The van der Waals surface area contributed by atoms with Crippen molar-refractivity contribution in [1.82, 2.24) is 4.98 Å². The fraction of sp³-hybridized carbons (Fsp3) is 0.333. The Kier molecular flexibility index (Phi) is 6.31. The Morgan fingerprint density at radius 2 is 2.04 bits per heavy atom. The summed E-state index contributed by atoms with van der Waals surface area (Å²) in [5.41, 5.74) is 0.0625. The predicted octanol–water partition coefficient (Wildman–Crippen LogP) is 3.26. The van der Waals surface area contributed by atoms with Crippen LogP contribution < -0.4 is 9.46 Å². The van der Waals surface area contributed by atoms with Gasteiger partial charge in [-0.15, -0.1) is 24.5 Å². The van der Waals surface area contributed by atoms with Gasteiger partial charge in [-0.2, -0.15) is 0 Å². The quantitative estimate of drug-likeness (QED) is 0.686. The van der Waals surface area contributed by atoms with Gasteiger partial charge in [0.25, 0.3) is 10.0 Å². The molecule has 0 radical (unpaired) electrons. The molecule has 0 aliphatic heterocycles. The highest BCUT2D eigenvalue weighted by Gasteiger charge is 2.31. The first kappa shape index (κ1) is 21.0. The van der Waals surface area contributed by atoms with Gasteiger partial charge >= 0.3 is 12.3 Å². The van der Waals surface area contributed by atoms with Crippen LogP contribution >= 0.6 is 11.3 Å². The van der Waals surface area contributed by atoms with Crippen LogP contribution in [-0.2, 0) is 26.0 Å². The molecular formula is C15H15F3N2O5S2. The molecule has 27 heavy (non-hydrogen) atoms. The second kappa shape index (κ2) is 8.13. The Bertz CT molecular complexity index is 926. The zero-order chi connectivity index (χ0) is 20.2. The Morgan fingerprint density at radius 3 is 2.63 bits per heavy atom. The van der Waals surface area contributed by atoms with Gasteiger partial charge in [0.1, 0.15) is 5.75 Å². The van der Waals surface area contributed by atoms with Crippen LogP contribution in [0.2, 0.25) is 0 Å². The number of rotatable bonds is 7. The number of halogens is 3. The molecule has 1 N–H and O–H groups in total. The highest BCUT2D eigenvalue weighted by molar-refractivity contribution is 7.93. The number of esters is 1. The number of anilines is 1. The molecule has 2 aromatic rings. The minimum atomic E-state index is -4.87. The van der Waals surface area contributed by atoms with E-state index in [0.29, 0.717) is 4.88 Å². The lowest BCUT2D eigenvalue weighted by atomic mass is 10.2. The zero-order valence-electron chi connectivity index (χ0n) is 14.2.